The Balaban J connectivity index is 0.000000259. The van der Waals surface area contributed by atoms with Crippen molar-refractivity contribution in [1.29, 1.82) is 5.26 Å². The molecule has 2 aromatic carbocycles. The summed E-state index contributed by atoms with van der Waals surface area (Å²) >= 11 is 11.3. The lowest BCUT2D eigenvalue weighted by atomic mass is 9.92. The predicted molar refractivity (Wildman–Crippen MR) is 290 cm³/mol. The average molecular weight is 1020 g/mol. The van der Waals surface area contributed by atoms with Gasteiger partial charge in [-0.3, -0.25) is 19.7 Å². The van der Waals surface area contributed by atoms with E-state index in [1.54, 1.807) is 43.0 Å². The first kappa shape index (κ1) is 57.5. The zero-order valence-electron chi connectivity index (χ0n) is 42.8. The molecule has 0 spiro atoms. The predicted octanol–water partition coefficient (Wildman–Crippen LogP) is 9.88. The van der Waals surface area contributed by atoms with Gasteiger partial charge in [0, 0.05) is 92.0 Å². The SMILES string of the molecule is C=CN(C(=O)c1cc(NCC(=O)N2CCC(C)CC2)ccc1C)C(CCC)C(=C)NC.C=CNC1(C)CN(c2ncc(-c3n[nH]c4cc(OC)c(OCC)cc34)cc2C#N)C1.C=O.Cc1c(Cl)cncc1Cl. The van der Waals surface area contributed by atoms with Crippen molar-refractivity contribution < 1.29 is 23.9 Å². The minimum Gasteiger partial charge on any atom is -0.493 e. The van der Waals surface area contributed by atoms with E-state index < -0.39 is 0 Å². The fraction of sp³-hybridized carbons (Fsp3) is 0.389. The van der Waals surface area contributed by atoms with Crippen molar-refractivity contribution in [2.45, 2.75) is 78.8 Å². The third kappa shape index (κ3) is 14.5. The quantitative estimate of drug-likeness (QED) is 0.0688. The Bertz CT molecular complexity index is 2690. The minimum atomic E-state index is -0.168. The zero-order chi connectivity index (χ0) is 53.1. The summed E-state index contributed by atoms with van der Waals surface area (Å²) in [5, 5.41) is 28.8. The molecular formula is C54H69Cl2N11O5. The highest BCUT2D eigenvalue weighted by atomic mass is 35.5. The van der Waals surface area contributed by atoms with Crippen molar-refractivity contribution in [2.24, 2.45) is 5.92 Å². The van der Waals surface area contributed by atoms with Crippen molar-refractivity contribution >= 4 is 64.2 Å². The number of pyridine rings is 2. The number of nitrogens with zero attached hydrogens (tertiary/aromatic N) is 7. The summed E-state index contributed by atoms with van der Waals surface area (Å²) in [5.74, 6) is 2.63. The third-order valence-electron chi connectivity index (χ3n) is 12.4. The van der Waals surface area contributed by atoms with Gasteiger partial charge in [0.1, 0.15) is 24.4 Å². The smallest absolute Gasteiger partial charge is 0.258 e. The largest absolute Gasteiger partial charge is 0.493 e. The molecule has 3 aromatic heterocycles. The van der Waals surface area contributed by atoms with Gasteiger partial charge in [-0.15, -0.1) is 0 Å². The number of carbonyl (C=O) groups is 3. The van der Waals surface area contributed by atoms with Gasteiger partial charge in [-0.05, 0) is 94.5 Å². The summed E-state index contributed by atoms with van der Waals surface area (Å²) in [6.07, 6.45) is 12.0. The number of hydrogen-bond donors (Lipinski definition) is 4. The fourth-order valence-corrected chi connectivity index (χ4v) is 8.64. The van der Waals surface area contributed by atoms with Crippen LogP contribution in [0.25, 0.3) is 22.2 Å². The topological polar surface area (TPSA) is 194 Å². The second-order valence-corrected chi connectivity index (χ2v) is 18.5. The molecule has 0 saturated carbocycles. The maximum atomic E-state index is 13.4. The van der Waals surface area contributed by atoms with E-state index >= 15 is 0 Å². The number of ether oxygens (including phenoxy) is 2. The van der Waals surface area contributed by atoms with Crippen LogP contribution >= 0.6 is 23.2 Å². The van der Waals surface area contributed by atoms with Crippen LogP contribution < -0.4 is 30.3 Å². The average Bonchev–Trinajstić information content (AvgIpc) is 3.80. The van der Waals surface area contributed by atoms with E-state index in [4.69, 9.17) is 37.5 Å². The number of methoxy groups -OCH3 is 1. The lowest BCUT2D eigenvalue weighted by Crippen LogP contribution is -2.66. The summed E-state index contributed by atoms with van der Waals surface area (Å²) in [4.78, 5) is 48.0. The second kappa shape index (κ2) is 27.5. The van der Waals surface area contributed by atoms with Crippen molar-refractivity contribution in [3.8, 4) is 28.8 Å². The van der Waals surface area contributed by atoms with Gasteiger partial charge < -0.3 is 44.9 Å². The molecular weight excluding hydrogens is 954 g/mol. The van der Waals surface area contributed by atoms with E-state index in [0.29, 0.717) is 56.7 Å². The highest BCUT2D eigenvalue weighted by molar-refractivity contribution is 6.35. The van der Waals surface area contributed by atoms with Crippen molar-refractivity contribution in [3.05, 3.63) is 125 Å². The number of carbonyl (C=O) groups excluding carboxylic acids is 3. The molecule has 0 radical (unpaired) electrons. The zero-order valence-corrected chi connectivity index (χ0v) is 44.3. The van der Waals surface area contributed by atoms with E-state index in [1.807, 2.05) is 75.9 Å². The standard InChI is InChI=1S/C25H38N4O2.C22H24N6O2.C6H5Cl2N.CH2O/c1-7-9-23(20(5)26-6)29(8-2)25(31)22-16-21(11-10-19(22)4)27-17-24(30)28-14-12-18(3)13-15-28;1-5-25-22(3)12-28(13-22)21-14(10-23)7-15(11-24-21)20-16-8-19(30-6-2)18(29-4)9-17(16)26-27-20;1-4-5(7)2-9-3-6(4)8;1-2/h8,10-11,16,18,23,26-27H,2,5,7,9,12-15,17H2,1,3-4,6H3;5,7-9,11,25H,1,6,12-13H2,2-4H3,(H,26,27);2-3H,1H3;1H2. The number of nitrogens with one attached hydrogen (secondary N) is 4. The maximum absolute atomic E-state index is 13.4. The van der Waals surface area contributed by atoms with E-state index in [-0.39, 0.29) is 29.9 Å². The third-order valence-corrected chi connectivity index (χ3v) is 13.2. The van der Waals surface area contributed by atoms with Gasteiger partial charge in [-0.2, -0.15) is 10.4 Å². The Morgan fingerprint density at radius 2 is 1.74 bits per heavy atom. The van der Waals surface area contributed by atoms with Crippen LogP contribution in [0, 0.1) is 31.1 Å². The van der Waals surface area contributed by atoms with E-state index in [1.165, 1.54) is 0 Å². The summed E-state index contributed by atoms with van der Waals surface area (Å²) in [6.45, 7) is 29.7. The molecule has 5 aromatic rings. The molecule has 72 heavy (non-hydrogen) atoms. The number of anilines is 2. The molecule has 0 aliphatic carbocycles. The van der Waals surface area contributed by atoms with Crippen LogP contribution in [0.5, 0.6) is 11.5 Å². The molecule has 2 aliphatic rings. The maximum Gasteiger partial charge on any atom is 0.258 e. The van der Waals surface area contributed by atoms with Crippen molar-refractivity contribution in [1.82, 2.24) is 40.6 Å². The number of nitriles is 1. The van der Waals surface area contributed by atoms with Crippen molar-refractivity contribution in [3.63, 3.8) is 0 Å². The first-order chi connectivity index (χ1) is 34.5. The molecule has 16 nitrogen and oxygen atoms in total. The molecule has 0 bridgehead atoms. The first-order valence-corrected chi connectivity index (χ1v) is 24.5. The Morgan fingerprint density at radius 1 is 1.06 bits per heavy atom. The molecule has 5 heterocycles. The monoisotopic (exact) mass is 1020 g/mol. The summed E-state index contributed by atoms with van der Waals surface area (Å²) in [6, 6.07) is 13.3. The van der Waals surface area contributed by atoms with Gasteiger partial charge >= 0.3 is 0 Å². The van der Waals surface area contributed by atoms with Crippen LogP contribution in [0.3, 0.4) is 0 Å². The molecule has 2 aliphatic heterocycles. The van der Waals surface area contributed by atoms with Gasteiger partial charge in [-0.1, -0.05) is 69.3 Å². The highest BCUT2D eigenvalue weighted by Crippen LogP contribution is 2.37. The van der Waals surface area contributed by atoms with Crippen LogP contribution in [0.1, 0.15) is 80.4 Å². The Morgan fingerprint density at radius 3 is 2.31 bits per heavy atom. The van der Waals surface area contributed by atoms with Gasteiger partial charge in [0.15, 0.2) is 11.5 Å². The Labute approximate surface area is 434 Å². The van der Waals surface area contributed by atoms with Gasteiger partial charge in [-0.25, -0.2) is 4.98 Å². The summed E-state index contributed by atoms with van der Waals surface area (Å²) in [5.41, 5.74) is 6.66. The summed E-state index contributed by atoms with van der Waals surface area (Å²) in [7, 11) is 3.42. The number of aromatic amines is 1. The van der Waals surface area contributed by atoms with Crippen LogP contribution in [-0.4, -0.2) is 114 Å². The summed E-state index contributed by atoms with van der Waals surface area (Å²) < 4.78 is 11.1. The molecule has 2 fully saturated rings. The number of likely N-dealkylation sites (tertiary alicyclic amines) is 1. The normalized spacial score (nSPS) is 13.9. The Hall–Kier alpha value is -7.09. The van der Waals surface area contributed by atoms with Crippen LogP contribution in [0.4, 0.5) is 11.5 Å². The van der Waals surface area contributed by atoms with Crippen molar-refractivity contribution in [2.75, 3.05) is 63.7 Å². The lowest BCUT2D eigenvalue weighted by Gasteiger charge is -2.49. The minimum absolute atomic E-state index is 0.0536. The number of benzene rings is 2. The van der Waals surface area contributed by atoms with Crippen LogP contribution in [0.15, 0.2) is 92.8 Å². The van der Waals surface area contributed by atoms with Gasteiger partial charge in [0.2, 0.25) is 5.91 Å². The number of halogens is 2. The molecule has 1 atom stereocenters. The molecule has 2 amide bonds. The number of H-pyrrole nitrogens is 1. The first-order valence-electron chi connectivity index (χ1n) is 23.8. The fourth-order valence-electron chi connectivity index (χ4n) is 8.28. The number of amides is 2. The van der Waals surface area contributed by atoms with Gasteiger partial charge in [0.25, 0.3) is 5.91 Å². The highest BCUT2D eigenvalue weighted by Gasteiger charge is 2.39. The van der Waals surface area contributed by atoms with E-state index in [2.05, 4.69) is 87.6 Å². The molecule has 7 rings (SSSR count). The number of hydrogen-bond acceptors (Lipinski definition) is 13. The van der Waals surface area contributed by atoms with Gasteiger partial charge in [0.05, 0.1) is 53.0 Å². The molecule has 384 valence electrons. The number of fused-ring (bicyclic) bond motifs is 1. The molecule has 4 N–H and O–H groups in total. The number of aryl methyl sites for hydroxylation is 1. The number of piperidine rings is 1. The number of aromatic nitrogens is 4. The number of likely N-dealkylation sites (N-methyl/N-ethyl adjacent to an activating group) is 1. The van der Waals surface area contributed by atoms with Crippen LogP contribution in [-0.2, 0) is 9.59 Å². The molecule has 2 saturated heterocycles. The van der Waals surface area contributed by atoms with E-state index in [0.717, 1.165) is 90.8 Å². The van der Waals surface area contributed by atoms with E-state index in [9.17, 15) is 14.9 Å². The number of rotatable bonds is 17. The Kier molecular flexibility index (Phi) is 22.0. The molecule has 1 unspecified atom stereocenters. The molecule has 18 heteroatoms. The van der Waals surface area contributed by atoms with Crippen LogP contribution in [0.2, 0.25) is 10.0 Å². The second-order valence-electron chi connectivity index (χ2n) is 17.7. The lowest BCUT2D eigenvalue weighted by molar-refractivity contribution is -0.130.